The van der Waals surface area contributed by atoms with Crippen LogP contribution in [0.1, 0.15) is 144 Å². The predicted molar refractivity (Wildman–Crippen MR) is 184 cm³/mol. The van der Waals surface area contributed by atoms with Crippen LogP contribution in [-0.4, -0.2) is 75.1 Å². The van der Waals surface area contributed by atoms with Crippen molar-refractivity contribution in [2.75, 3.05) is 45.7 Å². The number of carbonyl (C=O) groups is 3. The molecular weight excluding hydrogens is 685 g/mol. The molecular formula is C34H69N2O8SY-. The molecule has 0 amide bonds. The number of carbonyl (C=O) groups excluding carboxylic acids is 3. The molecule has 0 fully saturated rings. The molecule has 0 aromatic rings. The molecule has 0 rings (SSSR count). The first-order valence-electron chi connectivity index (χ1n) is 17.5. The van der Waals surface area contributed by atoms with Gasteiger partial charge >= 0.3 is 18.1 Å². The predicted octanol–water partition coefficient (Wildman–Crippen LogP) is 7.66. The van der Waals surface area contributed by atoms with Crippen molar-refractivity contribution in [2.45, 2.75) is 150 Å². The van der Waals surface area contributed by atoms with Gasteiger partial charge in [-0.3, -0.25) is 9.59 Å². The summed E-state index contributed by atoms with van der Waals surface area (Å²) in [6.07, 6.45) is 18.8. The minimum absolute atomic E-state index is 0. The van der Waals surface area contributed by atoms with E-state index in [9.17, 15) is 14.4 Å². The number of unbranched alkanes of at least 4 members (excludes halogenated alkanes) is 8. The summed E-state index contributed by atoms with van der Waals surface area (Å²) < 4.78 is 19.5. The molecule has 273 valence electrons. The van der Waals surface area contributed by atoms with Gasteiger partial charge in [0.1, 0.15) is 19.3 Å². The zero-order valence-electron chi connectivity index (χ0n) is 30.2. The summed E-state index contributed by atoms with van der Waals surface area (Å²) in [6.45, 7) is 11.9. The van der Waals surface area contributed by atoms with Gasteiger partial charge in [0.2, 0.25) is 0 Å². The zero-order chi connectivity index (χ0) is 34.4. The van der Waals surface area contributed by atoms with Crippen LogP contribution in [0.15, 0.2) is 0 Å². The van der Waals surface area contributed by atoms with Crippen LogP contribution in [0.5, 0.6) is 0 Å². The summed E-state index contributed by atoms with van der Waals surface area (Å²) >= 11 is 4.58. The summed E-state index contributed by atoms with van der Waals surface area (Å²) in [4.78, 5) is 33.0. The van der Waals surface area contributed by atoms with E-state index in [1.165, 1.54) is 64.2 Å². The molecule has 46 heavy (non-hydrogen) atoms. The molecule has 0 bridgehead atoms. The Labute approximate surface area is 312 Å². The van der Waals surface area contributed by atoms with E-state index in [0.717, 1.165) is 45.1 Å². The standard InChI is InChI=1S/C14H27NO5.C14H31NO.C6H12O2S.Y/c1-4-6-7-8-12(5-2)20-14(17)19-10-9-18-13(16)11-15-3;1-3-5-7-8-9-10-12-14(13-15-16)11-6-4-2;1-2-3-6(7)8-4-5-9;/h12,15H,4-11H2,1-3H3;14-16H,3-13H2,1-2H3;9H,2-5H2,1H3;/p-1. The molecule has 0 aliphatic heterocycles. The quantitative estimate of drug-likeness (QED) is 0.0251. The van der Waals surface area contributed by atoms with E-state index in [4.69, 9.17) is 19.4 Å². The first-order valence-corrected chi connectivity index (χ1v) is 18.1. The van der Waals surface area contributed by atoms with E-state index in [1.54, 1.807) is 7.05 Å². The van der Waals surface area contributed by atoms with Crippen LogP contribution < -0.4 is 10.8 Å². The second-order valence-corrected chi connectivity index (χ2v) is 11.5. The Kier molecular flexibility index (Phi) is 50.7. The molecule has 10 nitrogen and oxygen atoms in total. The average Bonchev–Trinajstić information content (AvgIpc) is 3.03. The Bertz CT molecular complexity index is 650. The molecule has 0 aromatic carbocycles. The minimum atomic E-state index is -0.696. The van der Waals surface area contributed by atoms with Crippen LogP contribution in [0.2, 0.25) is 0 Å². The Morgan fingerprint density at radius 3 is 1.80 bits per heavy atom. The first-order chi connectivity index (χ1) is 21.8. The van der Waals surface area contributed by atoms with Gasteiger partial charge in [-0.15, -0.1) is 5.75 Å². The van der Waals surface area contributed by atoms with Gasteiger partial charge in [0.15, 0.2) is 0 Å². The summed E-state index contributed by atoms with van der Waals surface area (Å²) in [5.41, 5.74) is 2.34. The van der Waals surface area contributed by atoms with Gasteiger partial charge in [-0.2, -0.15) is 0 Å². The number of likely N-dealkylation sites (N-methyl/N-ethyl adjacent to an activating group) is 1. The van der Waals surface area contributed by atoms with Gasteiger partial charge in [-0.25, -0.2) is 10.3 Å². The van der Waals surface area contributed by atoms with Crippen LogP contribution in [0.3, 0.4) is 0 Å². The number of ether oxygens (including phenoxy) is 4. The fourth-order valence-electron chi connectivity index (χ4n) is 4.23. The maximum Gasteiger partial charge on any atom is 0.508 e. The molecule has 0 spiro atoms. The van der Waals surface area contributed by atoms with Crippen molar-refractivity contribution in [3.8, 4) is 0 Å². The van der Waals surface area contributed by atoms with Crippen molar-refractivity contribution in [3.63, 3.8) is 0 Å². The molecule has 0 aliphatic rings. The zero-order valence-corrected chi connectivity index (χ0v) is 33.9. The van der Waals surface area contributed by atoms with Crippen molar-refractivity contribution in [1.29, 1.82) is 0 Å². The summed E-state index contributed by atoms with van der Waals surface area (Å²) in [5, 5.41) is 11.4. The van der Waals surface area contributed by atoms with E-state index in [0.29, 0.717) is 24.7 Å². The SMILES string of the molecule is CCCC(=O)OCC[S-].CCCCCC(CC)OC(=O)OCCOC(=O)CNC.CCCCCCCCC(CCCC)CNO.[Y]. The van der Waals surface area contributed by atoms with E-state index >= 15 is 0 Å². The van der Waals surface area contributed by atoms with Gasteiger partial charge in [-0.1, -0.05) is 98.8 Å². The van der Waals surface area contributed by atoms with E-state index in [-0.39, 0.29) is 70.5 Å². The molecule has 2 unspecified atom stereocenters. The Hall–Kier alpha value is -0.456. The molecule has 0 aromatic heterocycles. The van der Waals surface area contributed by atoms with Crippen LogP contribution in [0, 0.1) is 5.92 Å². The maximum atomic E-state index is 11.4. The smallest absolute Gasteiger partial charge is 0.508 e. The Morgan fingerprint density at radius 1 is 0.696 bits per heavy atom. The number of nitrogens with one attached hydrogen (secondary N) is 2. The molecule has 3 N–H and O–H groups in total. The number of hydrogen-bond acceptors (Lipinski definition) is 11. The van der Waals surface area contributed by atoms with Gasteiger partial charge in [0.05, 0.1) is 13.2 Å². The van der Waals surface area contributed by atoms with Crippen molar-refractivity contribution in [2.24, 2.45) is 5.92 Å². The van der Waals surface area contributed by atoms with E-state index < -0.39 is 6.16 Å². The van der Waals surface area contributed by atoms with E-state index in [1.807, 2.05) is 13.8 Å². The number of hydrogen-bond donors (Lipinski definition) is 3. The third kappa shape index (κ3) is 43.5. The van der Waals surface area contributed by atoms with Crippen molar-refractivity contribution in [3.05, 3.63) is 0 Å². The third-order valence-electron chi connectivity index (χ3n) is 6.85. The molecule has 0 heterocycles. The minimum Gasteiger partial charge on any atom is -0.789 e. The third-order valence-corrected chi connectivity index (χ3v) is 7.01. The Balaban J connectivity index is -0.000000304. The number of esters is 2. The van der Waals surface area contributed by atoms with Crippen molar-refractivity contribution < 1.29 is 71.2 Å². The number of hydroxylamine groups is 1. The topological polar surface area (TPSA) is 132 Å². The summed E-state index contributed by atoms with van der Waals surface area (Å²) in [5.74, 6) is 0.657. The Morgan fingerprint density at radius 2 is 1.24 bits per heavy atom. The molecule has 0 aliphatic carbocycles. The van der Waals surface area contributed by atoms with Gasteiger partial charge in [-0.05, 0) is 51.5 Å². The largest absolute Gasteiger partial charge is 0.789 e. The monoisotopic (exact) mass is 754 g/mol. The fraction of sp³-hybridized carbons (Fsp3) is 0.912. The summed E-state index contributed by atoms with van der Waals surface area (Å²) in [6, 6.07) is 0. The summed E-state index contributed by atoms with van der Waals surface area (Å²) in [7, 11) is 1.65. The van der Waals surface area contributed by atoms with Crippen LogP contribution >= 0.6 is 0 Å². The number of rotatable bonds is 27. The van der Waals surface area contributed by atoms with Gasteiger partial charge < -0.3 is 42.1 Å². The van der Waals surface area contributed by atoms with Gasteiger partial charge in [0.25, 0.3) is 0 Å². The molecule has 0 saturated heterocycles. The second-order valence-electron chi connectivity index (χ2n) is 11.1. The fourth-order valence-corrected chi connectivity index (χ4v) is 4.31. The average molecular weight is 755 g/mol. The molecule has 0 saturated carbocycles. The molecule has 12 heteroatoms. The van der Waals surface area contributed by atoms with Gasteiger partial charge in [0, 0.05) is 45.7 Å². The van der Waals surface area contributed by atoms with Crippen LogP contribution in [-0.2, 0) is 73.9 Å². The maximum absolute atomic E-state index is 11.4. The first kappa shape index (κ1) is 52.4. The van der Waals surface area contributed by atoms with Crippen LogP contribution in [0.4, 0.5) is 4.79 Å². The normalized spacial score (nSPS) is 11.4. The molecule has 1 radical (unpaired) electrons. The van der Waals surface area contributed by atoms with Crippen molar-refractivity contribution >= 4 is 30.7 Å². The molecule has 2 atom stereocenters. The van der Waals surface area contributed by atoms with E-state index in [2.05, 4.69) is 48.9 Å². The van der Waals surface area contributed by atoms with Crippen molar-refractivity contribution in [1.82, 2.24) is 10.8 Å². The van der Waals surface area contributed by atoms with Crippen LogP contribution in [0.25, 0.3) is 0 Å². The second kappa shape index (κ2) is 44.5.